The maximum absolute atomic E-state index is 6.05. The first-order valence-electron chi connectivity index (χ1n) is 9.60. The van der Waals surface area contributed by atoms with Gasteiger partial charge in [0.05, 0.1) is 7.11 Å². The lowest BCUT2D eigenvalue weighted by Gasteiger charge is -2.33. The van der Waals surface area contributed by atoms with Crippen LogP contribution in [0.15, 0.2) is 30.3 Å². The molecule has 0 saturated carbocycles. The number of para-hydroxylation sites is 1. The SMILES string of the molecule is COc1ccccc1C1CCN(c2cc(N3CCN(C)CC3)nc(N)n2)C1. The predicted octanol–water partition coefficient (Wildman–Crippen LogP) is 1.81. The smallest absolute Gasteiger partial charge is 0.223 e. The Morgan fingerprint density at radius 3 is 2.44 bits per heavy atom. The van der Waals surface area contributed by atoms with Crippen molar-refractivity contribution in [3.63, 3.8) is 0 Å². The first-order chi connectivity index (χ1) is 13.1. The Balaban J connectivity index is 1.52. The molecule has 1 unspecified atom stereocenters. The Morgan fingerprint density at radius 1 is 1.00 bits per heavy atom. The van der Waals surface area contributed by atoms with Crippen molar-refractivity contribution in [2.75, 3.05) is 69.0 Å². The van der Waals surface area contributed by atoms with Gasteiger partial charge >= 0.3 is 0 Å². The van der Waals surface area contributed by atoms with Gasteiger partial charge in [0.25, 0.3) is 0 Å². The molecule has 1 atom stereocenters. The Labute approximate surface area is 160 Å². The third-order valence-corrected chi connectivity index (χ3v) is 5.63. The second-order valence-electron chi connectivity index (χ2n) is 7.41. The Morgan fingerprint density at radius 2 is 1.70 bits per heavy atom. The van der Waals surface area contributed by atoms with Gasteiger partial charge in [-0.2, -0.15) is 9.97 Å². The molecular formula is C20H28N6O. The summed E-state index contributed by atoms with van der Waals surface area (Å²) in [6, 6.07) is 10.4. The van der Waals surface area contributed by atoms with E-state index in [0.717, 1.165) is 63.1 Å². The minimum absolute atomic E-state index is 0.349. The monoisotopic (exact) mass is 368 g/mol. The fourth-order valence-electron chi connectivity index (χ4n) is 4.03. The maximum atomic E-state index is 6.05. The van der Waals surface area contributed by atoms with Crippen LogP contribution < -0.4 is 20.3 Å². The van der Waals surface area contributed by atoms with Gasteiger partial charge in [-0.15, -0.1) is 0 Å². The Hall–Kier alpha value is -2.54. The number of piperazine rings is 1. The maximum Gasteiger partial charge on any atom is 0.223 e. The number of nitrogen functional groups attached to an aromatic ring is 1. The van der Waals surface area contributed by atoms with Crippen LogP contribution in [-0.4, -0.2) is 68.3 Å². The summed E-state index contributed by atoms with van der Waals surface area (Å²) < 4.78 is 5.55. The van der Waals surface area contributed by atoms with Crippen LogP contribution in [0, 0.1) is 0 Å². The highest BCUT2D eigenvalue weighted by Gasteiger charge is 2.28. The van der Waals surface area contributed by atoms with E-state index in [1.165, 1.54) is 5.56 Å². The molecule has 0 spiro atoms. The van der Waals surface area contributed by atoms with Gasteiger partial charge in [0.15, 0.2) is 0 Å². The van der Waals surface area contributed by atoms with E-state index in [-0.39, 0.29) is 0 Å². The molecule has 0 bridgehead atoms. The van der Waals surface area contributed by atoms with Gasteiger partial charge in [-0.1, -0.05) is 18.2 Å². The third-order valence-electron chi connectivity index (χ3n) is 5.63. The number of hydrogen-bond donors (Lipinski definition) is 1. The molecule has 1 aromatic carbocycles. The topological polar surface area (TPSA) is 70.8 Å². The van der Waals surface area contributed by atoms with Crippen molar-refractivity contribution in [1.29, 1.82) is 0 Å². The second-order valence-corrected chi connectivity index (χ2v) is 7.41. The van der Waals surface area contributed by atoms with Crippen molar-refractivity contribution in [2.45, 2.75) is 12.3 Å². The molecule has 1 aromatic heterocycles. The van der Waals surface area contributed by atoms with Crippen LogP contribution in [-0.2, 0) is 0 Å². The van der Waals surface area contributed by atoms with Gasteiger partial charge in [-0.05, 0) is 25.1 Å². The second kappa shape index (κ2) is 7.60. The highest BCUT2D eigenvalue weighted by Crippen LogP contribution is 2.35. The number of ether oxygens (including phenoxy) is 1. The zero-order valence-corrected chi connectivity index (χ0v) is 16.1. The first kappa shape index (κ1) is 17.9. The molecule has 2 fully saturated rings. The van der Waals surface area contributed by atoms with Crippen LogP contribution in [0.4, 0.5) is 17.6 Å². The number of benzene rings is 1. The van der Waals surface area contributed by atoms with Gasteiger partial charge in [0, 0.05) is 51.3 Å². The molecule has 0 aliphatic carbocycles. The highest BCUT2D eigenvalue weighted by atomic mass is 16.5. The predicted molar refractivity (Wildman–Crippen MR) is 109 cm³/mol. The molecule has 2 aromatic rings. The normalized spacial score (nSPS) is 20.9. The Kier molecular flexibility index (Phi) is 5.03. The molecule has 7 nitrogen and oxygen atoms in total. The van der Waals surface area contributed by atoms with E-state index >= 15 is 0 Å². The number of aromatic nitrogens is 2. The molecule has 7 heteroatoms. The number of hydrogen-bond acceptors (Lipinski definition) is 7. The summed E-state index contributed by atoms with van der Waals surface area (Å²) in [6.45, 7) is 5.89. The van der Waals surface area contributed by atoms with Gasteiger partial charge in [-0.3, -0.25) is 0 Å². The van der Waals surface area contributed by atoms with E-state index in [4.69, 9.17) is 10.5 Å². The van der Waals surface area contributed by atoms with Crippen LogP contribution >= 0.6 is 0 Å². The quantitative estimate of drug-likeness (QED) is 0.882. The fourth-order valence-corrected chi connectivity index (χ4v) is 4.03. The van der Waals surface area contributed by atoms with E-state index in [2.05, 4.69) is 49.9 Å². The number of anilines is 3. The van der Waals surface area contributed by atoms with Crippen molar-refractivity contribution in [3.8, 4) is 5.75 Å². The molecule has 2 aliphatic heterocycles. The fraction of sp³-hybridized carbons (Fsp3) is 0.500. The molecule has 2 aliphatic rings. The van der Waals surface area contributed by atoms with E-state index < -0.39 is 0 Å². The lowest BCUT2D eigenvalue weighted by Crippen LogP contribution is -2.45. The van der Waals surface area contributed by atoms with Crippen LogP contribution in [0.2, 0.25) is 0 Å². The number of nitrogens with two attached hydrogens (primary N) is 1. The van der Waals surface area contributed by atoms with Crippen LogP contribution in [0.3, 0.4) is 0 Å². The number of likely N-dealkylation sites (N-methyl/N-ethyl adjacent to an activating group) is 1. The van der Waals surface area contributed by atoms with E-state index in [1.807, 2.05) is 12.1 Å². The molecule has 3 heterocycles. The molecule has 144 valence electrons. The van der Waals surface area contributed by atoms with Crippen LogP contribution in [0.1, 0.15) is 17.9 Å². The van der Waals surface area contributed by atoms with Gasteiger partial charge in [-0.25, -0.2) is 0 Å². The van der Waals surface area contributed by atoms with Gasteiger partial charge in [0.2, 0.25) is 5.95 Å². The van der Waals surface area contributed by atoms with E-state index in [1.54, 1.807) is 7.11 Å². The van der Waals surface area contributed by atoms with Crippen molar-refractivity contribution in [1.82, 2.24) is 14.9 Å². The van der Waals surface area contributed by atoms with Gasteiger partial charge < -0.3 is 25.2 Å². The first-order valence-corrected chi connectivity index (χ1v) is 9.60. The summed E-state index contributed by atoms with van der Waals surface area (Å²) in [5.41, 5.74) is 7.31. The molecular weight excluding hydrogens is 340 g/mol. The van der Waals surface area contributed by atoms with Crippen molar-refractivity contribution >= 4 is 17.6 Å². The largest absolute Gasteiger partial charge is 0.496 e. The average molecular weight is 368 g/mol. The highest BCUT2D eigenvalue weighted by molar-refractivity contribution is 5.55. The zero-order chi connectivity index (χ0) is 18.8. The summed E-state index contributed by atoms with van der Waals surface area (Å²) in [7, 11) is 3.89. The van der Waals surface area contributed by atoms with E-state index in [0.29, 0.717) is 11.9 Å². The number of rotatable bonds is 4. The molecule has 27 heavy (non-hydrogen) atoms. The summed E-state index contributed by atoms with van der Waals surface area (Å²) >= 11 is 0. The van der Waals surface area contributed by atoms with Crippen molar-refractivity contribution in [2.24, 2.45) is 0 Å². The minimum atomic E-state index is 0.349. The summed E-state index contributed by atoms with van der Waals surface area (Å²) in [5.74, 6) is 3.61. The lowest BCUT2D eigenvalue weighted by molar-refractivity contribution is 0.312. The minimum Gasteiger partial charge on any atom is -0.496 e. The number of nitrogens with zero attached hydrogens (tertiary/aromatic N) is 5. The van der Waals surface area contributed by atoms with Crippen LogP contribution in [0.5, 0.6) is 5.75 Å². The van der Waals surface area contributed by atoms with E-state index in [9.17, 15) is 0 Å². The summed E-state index contributed by atoms with van der Waals surface area (Å²) in [5, 5.41) is 0. The third kappa shape index (κ3) is 3.78. The standard InChI is InChI=1S/C20H28N6O/c1-24-9-11-25(12-10-24)18-13-19(23-20(21)22-18)26-8-7-15(14-26)16-5-3-4-6-17(16)27-2/h3-6,13,15H,7-12,14H2,1-2H3,(H2,21,22,23). The number of methoxy groups -OCH3 is 1. The molecule has 0 amide bonds. The molecule has 4 rings (SSSR count). The molecule has 0 radical (unpaired) electrons. The molecule has 2 N–H and O–H groups in total. The molecule has 2 saturated heterocycles. The van der Waals surface area contributed by atoms with Gasteiger partial charge in [0.1, 0.15) is 17.4 Å². The van der Waals surface area contributed by atoms with Crippen molar-refractivity contribution < 1.29 is 4.74 Å². The lowest BCUT2D eigenvalue weighted by atomic mass is 9.97. The Bertz CT molecular complexity index is 790. The average Bonchev–Trinajstić information content (AvgIpc) is 3.18. The summed E-state index contributed by atoms with van der Waals surface area (Å²) in [4.78, 5) is 16.0. The van der Waals surface area contributed by atoms with Crippen molar-refractivity contribution in [3.05, 3.63) is 35.9 Å². The summed E-state index contributed by atoms with van der Waals surface area (Å²) in [6.07, 6.45) is 1.08. The van der Waals surface area contributed by atoms with Crippen LogP contribution in [0.25, 0.3) is 0 Å². The zero-order valence-electron chi connectivity index (χ0n) is 16.1.